The highest BCUT2D eigenvalue weighted by atomic mass is 35.5. The fraction of sp³-hybridized carbons (Fsp3) is 0.167. The second-order valence-electron chi connectivity index (χ2n) is 3.66. The minimum atomic E-state index is -0.606. The molecule has 5 nitrogen and oxygen atoms in total. The summed E-state index contributed by atoms with van der Waals surface area (Å²) < 4.78 is 18.5. The number of ether oxygens (including phenoxy) is 1. The molecule has 0 atom stereocenters. The van der Waals surface area contributed by atoms with E-state index < -0.39 is 11.8 Å². The van der Waals surface area contributed by atoms with Crippen molar-refractivity contribution in [3.05, 3.63) is 34.7 Å². The van der Waals surface area contributed by atoms with Gasteiger partial charge in [-0.1, -0.05) is 11.6 Å². The number of hydrogen-bond acceptors (Lipinski definition) is 5. The zero-order chi connectivity index (χ0) is 14.0. The molecule has 2 aromatic rings. The number of esters is 1. The van der Waals surface area contributed by atoms with Gasteiger partial charge in [0.05, 0.1) is 17.3 Å². The van der Waals surface area contributed by atoms with E-state index in [-0.39, 0.29) is 33.8 Å². The smallest absolute Gasteiger partial charge is 0.341 e. The first-order valence-electron chi connectivity index (χ1n) is 5.50. The van der Waals surface area contributed by atoms with E-state index in [1.54, 1.807) is 6.92 Å². The molecule has 19 heavy (non-hydrogen) atoms. The average Bonchev–Trinajstić information content (AvgIpc) is 2.41. The van der Waals surface area contributed by atoms with Crippen molar-refractivity contribution in [1.29, 1.82) is 0 Å². The molecule has 0 unspecified atom stereocenters. The Morgan fingerprint density at radius 2 is 2.32 bits per heavy atom. The molecule has 0 bridgehead atoms. The van der Waals surface area contributed by atoms with Gasteiger partial charge in [-0.25, -0.2) is 9.18 Å². The third-order valence-corrected chi connectivity index (χ3v) is 2.87. The van der Waals surface area contributed by atoms with Gasteiger partial charge < -0.3 is 10.2 Å². The average molecular weight is 284 g/mol. The van der Waals surface area contributed by atoms with Crippen molar-refractivity contribution in [3.63, 3.8) is 0 Å². The standard InChI is InChI=1S/C12H11ClFN3O2/c1-2-19-12(18)6-5-16-11-8(14)4-3-7(13)9(11)10(6)17-15/h3-5H,2,15H2,1H3,(H,16,17). The van der Waals surface area contributed by atoms with Crippen LogP contribution in [-0.4, -0.2) is 17.6 Å². The summed E-state index contributed by atoms with van der Waals surface area (Å²) in [5.41, 5.74) is 2.68. The van der Waals surface area contributed by atoms with Crippen LogP contribution < -0.4 is 11.3 Å². The van der Waals surface area contributed by atoms with Crippen LogP contribution in [0.25, 0.3) is 10.9 Å². The first-order chi connectivity index (χ1) is 9.10. The van der Waals surface area contributed by atoms with Crippen molar-refractivity contribution in [2.75, 3.05) is 12.0 Å². The zero-order valence-electron chi connectivity index (χ0n) is 10.0. The SMILES string of the molecule is CCOC(=O)c1cnc2c(F)ccc(Cl)c2c1NN. The number of nitrogens with two attached hydrogens (primary N) is 1. The number of pyridine rings is 1. The summed E-state index contributed by atoms with van der Waals surface area (Å²) in [7, 11) is 0. The number of rotatable bonds is 3. The number of hydrazine groups is 1. The third-order valence-electron chi connectivity index (χ3n) is 2.56. The molecule has 1 heterocycles. The van der Waals surface area contributed by atoms with Crippen molar-refractivity contribution in [1.82, 2.24) is 4.98 Å². The molecule has 0 fully saturated rings. The molecular weight excluding hydrogens is 273 g/mol. The Kier molecular flexibility index (Phi) is 3.82. The Bertz CT molecular complexity index is 648. The number of aromatic nitrogens is 1. The van der Waals surface area contributed by atoms with E-state index in [1.165, 1.54) is 18.3 Å². The van der Waals surface area contributed by atoms with Crippen LogP contribution in [0.4, 0.5) is 10.1 Å². The minimum absolute atomic E-state index is 0.0356. The predicted octanol–water partition coefficient (Wildman–Crippen LogP) is 2.49. The molecule has 0 radical (unpaired) electrons. The van der Waals surface area contributed by atoms with Crippen LogP contribution in [-0.2, 0) is 4.74 Å². The van der Waals surface area contributed by atoms with E-state index in [1.807, 2.05) is 0 Å². The fourth-order valence-corrected chi connectivity index (χ4v) is 1.99. The number of anilines is 1. The lowest BCUT2D eigenvalue weighted by Gasteiger charge is -2.12. The maximum absolute atomic E-state index is 13.7. The number of benzene rings is 1. The lowest BCUT2D eigenvalue weighted by Crippen LogP contribution is -2.15. The number of carbonyl (C=O) groups excluding carboxylic acids is 1. The number of nitrogens with zero attached hydrogens (tertiary/aromatic N) is 1. The molecule has 0 aliphatic rings. The molecule has 0 aliphatic heterocycles. The Morgan fingerprint density at radius 1 is 1.58 bits per heavy atom. The molecule has 1 aromatic carbocycles. The van der Waals surface area contributed by atoms with Gasteiger partial charge in [-0.15, -0.1) is 0 Å². The van der Waals surface area contributed by atoms with Crippen LogP contribution in [0.5, 0.6) is 0 Å². The highest BCUT2D eigenvalue weighted by molar-refractivity contribution is 6.36. The van der Waals surface area contributed by atoms with E-state index in [9.17, 15) is 9.18 Å². The van der Waals surface area contributed by atoms with Crippen molar-refractivity contribution in [2.24, 2.45) is 5.84 Å². The van der Waals surface area contributed by atoms with Gasteiger partial charge in [0, 0.05) is 11.6 Å². The Labute approximate surface area is 113 Å². The van der Waals surface area contributed by atoms with Gasteiger partial charge in [-0.3, -0.25) is 10.8 Å². The van der Waals surface area contributed by atoms with E-state index in [0.717, 1.165) is 0 Å². The largest absolute Gasteiger partial charge is 0.462 e. The van der Waals surface area contributed by atoms with Gasteiger partial charge in [0.2, 0.25) is 0 Å². The summed E-state index contributed by atoms with van der Waals surface area (Å²) in [5, 5.41) is 0.484. The summed E-state index contributed by atoms with van der Waals surface area (Å²) in [6.45, 7) is 1.88. The van der Waals surface area contributed by atoms with Gasteiger partial charge in [0.15, 0.2) is 0 Å². The lowest BCUT2D eigenvalue weighted by atomic mass is 10.1. The summed E-state index contributed by atoms with van der Waals surface area (Å²) in [6, 6.07) is 2.57. The van der Waals surface area contributed by atoms with Gasteiger partial charge in [-0.05, 0) is 19.1 Å². The quantitative estimate of drug-likeness (QED) is 0.514. The molecule has 100 valence electrons. The number of fused-ring (bicyclic) bond motifs is 1. The normalized spacial score (nSPS) is 10.5. The molecule has 0 amide bonds. The first-order valence-corrected chi connectivity index (χ1v) is 5.88. The van der Waals surface area contributed by atoms with Crippen LogP contribution in [0.2, 0.25) is 5.02 Å². The van der Waals surface area contributed by atoms with Crippen LogP contribution in [0.1, 0.15) is 17.3 Å². The van der Waals surface area contributed by atoms with E-state index >= 15 is 0 Å². The van der Waals surface area contributed by atoms with Crippen molar-refractivity contribution in [2.45, 2.75) is 6.92 Å². The fourth-order valence-electron chi connectivity index (χ4n) is 1.75. The molecule has 7 heteroatoms. The van der Waals surface area contributed by atoms with Crippen LogP contribution in [0.15, 0.2) is 18.3 Å². The Balaban J connectivity index is 2.76. The highest BCUT2D eigenvalue weighted by Gasteiger charge is 2.19. The van der Waals surface area contributed by atoms with E-state index in [4.69, 9.17) is 22.2 Å². The van der Waals surface area contributed by atoms with Crippen molar-refractivity contribution >= 4 is 34.2 Å². The first kappa shape index (κ1) is 13.5. The van der Waals surface area contributed by atoms with Crippen molar-refractivity contribution < 1.29 is 13.9 Å². The molecule has 0 aliphatic carbocycles. The summed E-state index contributed by atoms with van der Waals surface area (Å²) in [4.78, 5) is 15.7. The second-order valence-corrected chi connectivity index (χ2v) is 4.07. The van der Waals surface area contributed by atoms with E-state index in [2.05, 4.69) is 10.4 Å². The summed E-state index contributed by atoms with van der Waals surface area (Å²) in [5.74, 6) is 4.25. The van der Waals surface area contributed by atoms with Gasteiger partial charge in [-0.2, -0.15) is 0 Å². The maximum atomic E-state index is 13.7. The maximum Gasteiger partial charge on any atom is 0.341 e. The number of carbonyl (C=O) groups is 1. The number of nitrogen functional groups attached to an aromatic ring is 1. The predicted molar refractivity (Wildman–Crippen MR) is 70.5 cm³/mol. The van der Waals surface area contributed by atoms with E-state index in [0.29, 0.717) is 0 Å². The monoisotopic (exact) mass is 283 g/mol. The summed E-state index contributed by atoms with van der Waals surface area (Å²) in [6.07, 6.45) is 1.20. The molecule has 1 aromatic heterocycles. The van der Waals surface area contributed by atoms with Crippen molar-refractivity contribution in [3.8, 4) is 0 Å². The molecule has 2 rings (SSSR count). The number of halogens is 2. The molecule has 3 N–H and O–H groups in total. The Hall–Kier alpha value is -1.92. The molecule has 0 saturated carbocycles. The minimum Gasteiger partial charge on any atom is -0.462 e. The summed E-state index contributed by atoms with van der Waals surface area (Å²) >= 11 is 6.01. The van der Waals surface area contributed by atoms with Gasteiger partial charge >= 0.3 is 5.97 Å². The number of nitrogens with one attached hydrogen (secondary N) is 1. The van der Waals surface area contributed by atoms with Gasteiger partial charge in [0.25, 0.3) is 0 Å². The topological polar surface area (TPSA) is 77.2 Å². The zero-order valence-corrected chi connectivity index (χ0v) is 10.8. The lowest BCUT2D eigenvalue weighted by molar-refractivity contribution is 0.0527. The number of hydrogen-bond donors (Lipinski definition) is 2. The highest BCUT2D eigenvalue weighted by Crippen LogP contribution is 2.33. The molecular formula is C12H11ClFN3O2. The van der Waals surface area contributed by atoms with Gasteiger partial charge in [0.1, 0.15) is 16.9 Å². The van der Waals surface area contributed by atoms with Crippen LogP contribution >= 0.6 is 11.6 Å². The second kappa shape index (κ2) is 5.38. The van der Waals surface area contributed by atoms with Crippen LogP contribution in [0.3, 0.4) is 0 Å². The Morgan fingerprint density at radius 3 is 2.95 bits per heavy atom. The third kappa shape index (κ3) is 2.32. The molecule has 0 saturated heterocycles. The van der Waals surface area contributed by atoms with Crippen LogP contribution in [0, 0.1) is 5.82 Å². The molecule has 0 spiro atoms.